The first-order valence-corrected chi connectivity index (χ1v) is 12.0. The monoisotopic (exact) mass is 503 g/mol. The SMILES string of the molecule is Nc1ncc(-c2ccc(C3(c4noc(-c5ccc(C(=O)N6CCC(F)(F)C6)nc5)n4)CCC3)cc2)cn1. The van der Waals surface area contributed by atoms with E-state index in [4.69, 9.17) is 10.3 Å². The van der Waals surface area contributed by atoms with Gasteiger partial charge in [-0.05, 0) is 36.1 Å². The van der Waals surface area contributed by atoms with Crippen LogP contribution in [0.5, 0.6) is 0 Å². The molecule has 1 saturated carbocycles. The number of pyridine rings is 1. The van der Waals surface area contributed by atoms with Gasteiger partial charge in [0.1, 0.15) is 5.69 Å². The maximum absolute atomic E-state index is 13.5. The summed E-state index contributed by atoms with van der Waals surface area (Å²) in [5.74, 6) is -2.25. The molecule has 0 spiro atoms. The number of likely N-dealkylation sites (tertiary alicyclic amines) is 1. The molecular formula is C26H23F2N7O2. The fourth-order valence-corrected chi connectivity index (χ4v) is 4.89. The van der Waals surface area contributed by atoms with Crippen molar-refractivity contribution in [2.75, 3.05) is 18.8 Å². The molecule has 0 bridgehead atoms. The third-order valence-electron chi connectivity index (χ3n) is 7.19. The van der Waals surface area contributed by atoms with Gasteiger partial charge in [0.25, 0.3) is 17.7 Å². The Morgan fingerprint density at radius 1 is 0.919 bits per heavy atom. The van der Waals surface area contributed by atoms with Crippen molar-refractivity contribution in [3.8, 4) is 22.6 Å². The van der Waals surface area contributed by atoms with Crippen LogP contribution in [0.3, 0.4) is 0 Å². The van der Waals surface area contributed by atoms with Crippen molar-refractivity contribution < 1.29 is 18.1 Å². The molecule has 9 nitrogen and oxygen atoms in total. The van der Waals surface area contributed by atoms with E-state index in [1.807, 2.05) is 12.1 Å². The van der Waals surface area contributed by atoms with Gasteiger partial charge in [0.2, 0.25) is 5.95 Å². The first kappa shape index (κ1) is 23.1. The molecule has 3 aromatic heterocycles. The number of aromatic nitrogens is 5. The number of carbonyl (C=O) groups excluding carboxylic acids is 1. The second-order valence-corrected chi connectivity index (χ2v) is 9.53. The van der Waals surface area contributed by atoms with Crippen LogP contribution in [0, 0.1) is 0 Å². The summed E-state index contributed by atoms with van der Waals surface area (Å²) in [6.07, 6.45) is 7.33. The van der Waals surface area contributed by atoms with Gasteiger partial charge in [0, 0.05) is 37.1 Å². The van der Waals surface area contributed by atoms with Gasteiger partial charge in [0.15, 0.2) is 5.82 Å². The molecule has 1 aliphatic heterocycles. The van der Waals surface area contributed by atoms with Crippen LogP contribution in [0.1, 0.15) is 47.6 Å². The van der Waals surface area contributed by atoms with Crippen LogP contribution in [-0.2, 0) is 5.41 Å². The molecule has 11 heteroatoms. The normalized spacial score (nSPS) is 17.9. The van der Waals surface area contributed by atoms with E-state index in [-0.39, 0.29) is 35.9 Å². The van der Waals surface area contributed by atoms with Gasteiger partial charge < -0.3 is 15.2 Å². The molecular weight excluding hydrogens is 480 g/mol. The molecule has 37 heavy (non-hydrogen) atoms. The summed E-state index contributed by atoms with van der Waals surface area (Å²) in [5.41, 5.74) is 8.83. The highest BCUT2D eigenvalue weighted by atomic mass is 19.3. The molecule has 2 aliphatic rings. The van der Waals surface area contributed by atoms with E-state index in [2.05, 4.69) is 37.2 Å². The number of halogens is 2. The zero-order chi connectivity index (χ0) is 25.6. The molecule has 6 rings (SSSR count). The Kier molecular flexibility index (Phi) is 5.43. The van der Waals surface area contributed by atoms with Crippen molar-refractivity contribution in [3.63, 3.8) is 0 Å². The Balaban J connectivity index is 1.21. The highest BCUT2D eigenvalue weighted by molar-refractivity contribution is 5.92. The van der Waals surface area contributed by atoms with Gasteiger partial charge in [-0.1, -0.05) is 35.8 Å². The Hall–Kier alpha value is -4.28. The molecule has 1 amide bonds. The minimum atomic E-state index is -2.85. The molecule has 188 valence electrons. The van der Waals surface area contributed by atoms with Crippen LogP contribution in [0.2, 0.25) is 0 Å². The Morgan fingerprint density at radius 3 is 2.22 bits per heavy atom. The van der Waals surface area contributed by atoms with Crippen molar-refractivity contribution in [3.05, 3.63) is 72.1 Å². The minimum Gasteiger partial charge on any atom is -0.368 e. The standard InChI is InChI=1S/C26H23F2N7O2/c27-26(28)10-11-35(15-26)22(36)20-7-4-17(12-30-20)21-33-23(34-37-21)25(8-1-9-25)19-5-2-16(3-6-19)18-13-31-24(29)32-14-18/h2-7,12-14H,1,8-11,15H2,(H2,29,31,32). The lowest BCUT2D eigenvalue weighted by Gasteiger charge is -2.39. The Morgan fingerprint density at radius 2 is 1.62 bits per heavy atom. The predicted octanol–water partition coefficient (Wildman–Crippen LogP) is 4.12. The topological polar surface area (TPSA) is 124 Å². The number of anilines is 1. The lowest BCUT2D eigenvalue weighted by atomic mass is 9.64. The number of nitrogens with zero attached hydrogens (tertiary/aromatic N) is 6. The summed E-state index contributed by atoms with van der Waals surface area (Å²) in [7, 11) is 0. The van der Waals surface area contributed by atoms with Crippen LogP contribution in [0.15, 0.2) is 59.5 Å². The third-order valence-corrected chi connectivity index (χ3v) is 7.19. The van der Waals surface area contributed by atoms with Crippen LogP contribution in [0.25, 0.3) is 22.6 Å². The van der Waals surface area contributed by atoms with Gasteiger partial charge >= 0.3 is 0 Å². The molecule has 2 N–H and O–H groups in total. The second-order valence-electron chi connectivity index (χ2n) is 9.53. The fraction of sp³-hybridized carbons (Fsp3) is 0.308. The molecule has 0 radical (unpaired) electrons. The first-order chi connectivity index (χ1) is 17.8. The van der Waals surface area contributed by atoms with E-state index in [1.165, 1.54) is 12.3 Å². The van der Waals surface area contributed by atoms with Gasteiger partial charge in [-0.3, -0.25) is 9.78 Å². The lowest BCUT2D eigenvalue weighted by Crippen LogP contribution is -2.36. The number of nitrogen functional groups attached to an aromatic ring is 1. The minimum absolute atomic E-state index is 0.0130. The van der Waals surface area contributed by atoms with Crippen LogP contribution in [0.4, 0.5) is 14.7 Å². The van der Waals surface area contributed by atoms with Crippen molar-refractivity contribution in [1.29, 1.82) is 0 Å². The molecule has 1 aromatic carbocycles. The van der Waals surface area contributed by atoms with Crippen molar-refractivity contribution in [2.24, 2.45) is 0 Å². The summed E-state index contributed by atoms with van der Waals surface area (Å²) in [6, 6.07) is 11.3. The van der Waals surface area contributed by atoms with Gasteiger partial charge in [-0.2, -0.15) is 4.98 Å². The number of nitrogens with two attached hydrogens (primary N) is 1. The number of alkyl halides is 2. The Labute approximate surface area is 210 Å². The molecule has 4 aromatic rings. The molecule has 2 fully saturated rings. The molecule has 1 saturated heterocycles. The van der Waals surface area contributed by atoms with Crippen LogP contribution < -0.4 is 5.73 Å². The molecule has 4 heterocycles. The number of carbonyl (C=O) groups is 1. The largest absolute Gasteiger partial charge is 0.368 e. The third kappa shape index (κ3) is 4.20. The number of amides is 1. The predicted molar refractivity (Wildman–Crippen MR) is 130 cm³/mol. The number of rotatable bonds is 5. The van der Waals surface area contributed by atoms with Gasteiger partial charge in [-0.15, -0.1) is 0 Å². The summed E-state index contributed by atoms with van der Waals surface area (Å²) in [4.78, 5) is 30.6. The molecule has 1 aliphatic carbocycles. The highest BCUT2D eigenvalue weighted by Crippen LogP contribution is 2.48. The van der Waals surface area contributed by atoms with Crippen molar-refractivity contribution in [2.45, 2.75) is 37.0 Å². The van der Waals surface area contributed by atoms with Crippen LogP contribution in [-0.4, -0.2) is 54.9 Å². The Bertz CT molecular complexity index is 1430. The van der Waals surface area contributed by atoms with Gasteiger partial charge in [0.05, 0.1) is 17.5 Å². The van der Waals surface area contributed by atoms with Gasteiger partial charge in [-0.25, -0.2) is 18.7 Å². The number of hydrogen-bond donors (Lipinski definition) is 1. The van der Waals surface area contributed by atoms with E-state index in [0.29, 0.717) is 11.4 Å². The highest BCUT2D eigenvalue weighted by Gasteiger charge is 2.44. The maximum Gasteiger partial charge on any atom is 0.272 e. The average Bonchev–Trinajstić information content (AvgIpc) is 3.51. The fourth-order valence-electron chi connectivity index (χ4n) is 4.89. The van der Waals surface area contributed by atoms with E-state index in [1.54, 1.807) is 18.5 Å². The van der Waals surface area contributed by atoms with Crippen molar-refractivity contribution in [1.82, 2.24) is 30.0 Å². The average molecular weight is 504 g/mol. The summed E-state index contributed by atoms with van der Waals surface area (Å²) < 4.78 is 32.5. The molecule has 0 unspecified atom stereocenters. The molecule has 0 atom stereocenters. The summed E-state index contributed by atoms with van der Waals surface area (Å²) >= 11 is 0. The van der Waals surface area contributed by atoms with Crippen LogP contribution >= 0.6 is 0 Å². The van der Waals surface area contributed by atoms with E-state index in [9.17, 15) is 13.6 Å². The zero-order valence-electron chi connectivity index (χ0n) is 19.8. The quantitative estimate of drug-likeness (QED) is 0.431. The summed E-state index contributed by atoms with van der Waals surface area (Å²) in [5, 5.41) is 4.28. The number of benzene rings is 1. The lowest BCUT2D eigenvalue weighted by molar-refractivity contribution is 0.0119. The summed E-state index contributed by atoms with van der Waals surface area (Å²) in [6.45, 7) is -0.571. The maximum atomic E-state index is 13.5. The van der Waals surface area contributed by atoms with E-state index >= 15 is 0 Å². The van der Waals surface area contributed by atoms with E-state index in [0.717, 1.165) is 40.9 Å². The first-order valence-electron chi connectivity index (χ1n) is 12.0. The number of hydrogen-bond acceptors (Lipinski definition) is 8. The van der Waals surface area contributed by atoms with E-state index < -0.39 is 18.4 Å². The smallest absolute Gasteiger partial charge is 0.272 e. The zero-order valence-corrected chi connectivity index (χ0v) is 19.8. The second kappa shape index (κ2) is 8.68. The van der Waals surface area contributed by atoms with Crippen molar-refractivity contribution >= 4 is 11.9 Å².